The molecular formula is C8H8N4. The normalized spacial score (nSPS) is 10.0. The molecule has 0 spiro atoms. The van der Waals surface area contributed by atoms with Gasteiger partial charge in [0.25, 0.3) is 0 Å². The van der Waals surface area contributed by atoms with E-state index >= 15 is 0 Å². The smallest absolute Gasteiger partial charge is 0.0671 e. The lowest BCUT2D eigenvalue weighted by molar-refractivity contribution is 1.09. The summed E-state index contributed by atoms with van der Waals surface area (Å²) < 4.78 is 0. The highest BCUT2D eigenvalue weighted by Crippen LogP contribution is 2.21. The highest BCUT2D eigenvalue weighted by Gasteiger charge is 2.01. The standard InChI is InChI=1S/C8H8N4/c9-7-5-10-3-1-6(7)8-2-4-11-12-8/h1-5H,9H2,(H,11,12). The summed E-state index contributed by atoms with van der Waals surface area (Å²) in [6, 6.07) is 3.72. The molecule has 0 aliphatic heterocycles. The maximum absolute atomic E-state index is 5.70. The van der Waals surface area contributed by atoms with E-state index in [0.29, 0.717) is 5.69 Å². The Bertz CT molecular complexity index is 366. The van der Waals surface area contributed by atoms with Crippen LogP contribution in [-0.4, -0.2) is 15.2 Å². The number of hydrogen-bond acceptors (Lipinski definition) is 3. The number of pyridine rings is 1. The van der Waals surface area contributed by atoms with Gasteiger partial charge in [-0.2, -0.15) is 5.10 Å². The summed E-state index contributed by atoms with van der Waals surface area (Å²) in [6.45, 7) is 0. The van der Waals surface area contributed by atoms with E-state index in [0.717, 1.165) is 11.3 Å². The van der Waals surface area contributed by atoms with Gasteiger partial charge in [-0.1, -0.05) is 0 Å². The molecule has 60 valence electrons. The van der Waals surface area contributed by atoms with Gasteiger partial charge in [-0.3, -0.25) is 10.1 Å². The van der Waals surface area contributed by atoms with Crippen molar-refractivity contribution in [3.05, 3.63) is 30.7 Å². The van der Waals surface area contributed by atoms with Gasteiger partial charge < -0.3 is 5.73 Å². The van der Waals surface area contributed by atoms with E-state index in [2.05, 4.69) is 15.2 Å². The minimum Gasteiger partial charge on any atom is -0.397 e. The Kier molecular flexibility index (Phi) is 1.51. The van der Waals surface area contributed by atoms with E-state index < -0.39 is 0 Å². The SMILES string of the molecule is Nc1cnccc1-c1ccn[nH]1. The second-order valence-corrected chi connectivity index (χ2v) is 2.43. The summed E-state index contributed by atoms with van der Waals surface area (Å²) >= 11 is 0. The van der Waals surface area contributed by atoms with E-state index in [-0.39, 0.29) is 0 Å². The zero-order valence-electron chi connectivity index (χ0n) is 6.36. The molecule has 0 atom stereocenters. The van der Waals surface area contributed by atoms with Crippen LogP contribution in [0.25, 0.3) is 11.3 Å². The van der Waals surface area contributed by atoms with Crippen molar-refractivity contribution in [2.24, 2.45) is 0 Å². The number of aromatic amines is 1. The first kappa shape index (κ1) is 6.84. The number of hydrogen-bond donors (Lipinski definition) is 2. The van der Waals surface area contributed by atoms with Crippen LogP contribution >= 0.6 is 0 Å². The molecule has 2 aromatic rings. The van der Waals surface area contributed by atoms with Crippen molar-refractivity contribution < 1.29 is 0 Å². The summed E-state index contributed by atoms with van der Waals surface area (Å²) in [5, 5.41) is 6.68. The van der Waals surface area contributed by atoms with Crippen molar-refractivity contribution in [3.8, 4) is 11.3 Å². The van der Waals surface area contributed by atoms with Gasteiger partial charge in [0.05, 0.1) is 17.6 Å². The number of nitrogens with two attached hydrogens (primary N) is 1. The van der Waals surface area contributed by atoms with Crippen molar-refractivity contribution in [2.45, 2.75) is 0 Å². The zero-order valence-corrected chi connectivity index (χ0v) is 6.36. The van der Waals surface area contributed by atoms with Gasteiger partial charge in [0, 0.05) is 18.0 Å². The average molecular weight is 160 g/mol. The van der Waals surface area contributed by atoms with Crippen molar-refractivity contribution >= 4 is 5.69 Å². The number of nitrogen functional groups attached to an aromatic ring is 1. The molecule has 0 fully saturated rings. The van der Waals surface area contributed by atoms with Gasteiger partial charge in [-0.25, -0.2) is 0 Å². The maximum Gasteiger partial charge on any atom is 0.0671 e. The van der Waals surface area contributed by atoms with Crippen molar-refractivity contribution in [1.82, 2.24) is 15.2 Å². The summed E-state index contributed by atoms with van der Waals surface area (Å²) in [5.74, 6) is 0. The van der Waals surface area contributed by atoms with Crippen LogP contribution in [0.4, 0.5) is 5.69 Å². The molecule has 0 radical (unpaired) electrons. The van der Waals surface area contributed by atoms with Crippen molar-refractivity contribution in [2.75, 3.05) is 5.73 Å². The van der Waals surface area contributed by atoms with Gasteiger partial charge >= 0.3 is 0 Å². The third kappa shape index (κ3) is 1.03. The average Bonchev–Trinajstić information content (AvgIpc) is 2.57. The van der Waals surface area contributed by atoms with E-state index in [1.165, 1.54) is 0 Å². The van der Waals surface area contributed by atoms with E-state index in [9.17, 15) is 0 Å². The molecule has 0 amide bonds. The summed E-state index contributed by atoms with van der Waals surface area (Å²) in [5.41, 5.74) is 8.20. The van der Waals surface area contributed by atoms with Crippen LogP contribution in [0.1, 0.15) is 0 Å². The Labute approximate surface area is 69.4 Å². The van der Waals surface area contributed by atoms with Gasteiger partial charge in [0.1, 0.15) is 0 Å². The van der Waals surface area contributed by atoms with Crippen LogP contribution < -0.4 is 5.73 Å². The first-order valence-electron chi connectivity index (χ1n) is 3.57. The molecule has 0 saturated heterocycles. The third-order valence-electron chi connectivity index (χ3n) is 1.64. The molecule has 2 rings (SSSR count). The molecule has 0 aliphatic rings. The molecule has 4 nitrogen and oxygen atoms in total. The maximum atomic E-state index is 5.70. The van der Waals surface area contributed by atoms with Crippen LogP contribution in [-0.2, 0) is 0 Å². The largest absolute Gasteiger partial charge is 0.397 e. The number of anilines is 1. The summed E-state index contributed by atoms with van der Waals surface area (Å²) in [4.78, 5) is 3.90. The van der Waals surface area contributed by atoms with Crippen molar-refractivity contribution in [1.29, 1.82) is 0 Å². The molecule has 0 aliphatic carbocycles. The Morgan fingerprint density at radius 3 is 2.83 bits per heavy atom. The quantitative estimate of drug-likeness (QED) is 0.655. The molecule has 2 aromatic heterocycles. The van der Waals surface area contributed by atoms with Crippen molar-refractivity contribution in [3.63, 3.8) is 0 Å². The fraction of sp³-hybridized carbons (Fsp3) is 0. The zero-order chi connectivity index (χ0) is 8.39. The van der Waals surface area contributed by atoms with Gasteiger partial charge in [-0.15, -0.1) is 0 Å². The van der Waals surface area contributed by atoms with Crippen LogP contribution in [0.5, 0.6) is 0 Å². The summed E-state index contributed by atoms with van der Waals surface area (Å²) in [6.07, 6.45) is 5.01. The Hall–Kier alpha value is -1.84. The van der Waals surface area contributed by atoms with Gasteiger partial charge in [0.2, 0.25) is 0 Å². The van der Waals surface area contributed by atoms with Gasteiger partial charge in [0.15, 0.2) is 0 Å². The molecule has 2 heterocycles. The molecule has 3 N–H and O–H groups in total. The Balaban J connectivity index is 2.55. The number of nitrogens with zero attached hydrogens (tertiary/aromatic N) is 2. The molecule has 0 aromatic carbocycles. The number of rotatable bonds is 1. The second-order valence-electron chi connectivity index (χ2n) is 2.43. The Morgan fingerprint density at radius 2 is 2.17 bits per heavy atom. The molecule has 0 bridgehead atoms. The predicted octanol–water partition coefficient (Wildman–Crippen LogP) is 1.05. The molecule has 4 heteroatoms. The number of aromatic nitrogens is 3. The number of H-pyrrole nitrogens is 1. The van der Waals surface area contributed by atoms with Crippen LogP contribution in [0.15, 0.2) is 30.7 Å². The molecule has 0 unspecified atom stereocenters. The van der Waals surface area contributed by atoms with Crippen LogP contribution in [0.2, 0.25) is 0 Å². The molecule has 0 saturated carbocycles. The van der Waals surface area contributed by atoms with E-state index in [4.69, 9.17) is 5.73 Å². The Morgan fingerprint density at radius 1 is 1.25 bits per heavy atom. The lowest BCUT2D eigenvalue weighted by atomic mass is 10.2. The predicted molar refractivity (Wildman–Crippen MR) is 46.2 cm³/mol. The van der Waals surface area contributed by atoms with E-state index in [1.54, 1.807) is 18.6 Å². The fourth-order valence-corrected chi connectivity index (χ4v) is 1.06. The van der Waals surface area contributed by atoms with Gasteiger partial charge in [-0.05, 0) is 12.1 Å². The minimum absolute atomic E-state index is 0.654. The lowest BCUT2D eigenvalue weighted by Crippen LogP contribution is -1.90. The monoisotopic (exact) mass is 160 g/mol. The third-order valence-corrected chi connectivity index (χ3v) is 1.64. The topological polar surface area (TPSA) is 67.6 Å². The van der Waals surface area contributed by atoms with Crippen LogP contribution in [0.3, 0.4) is 0 Å². The molecular weight excluding hydrogens is 152 g/mol. The fourth-order valence-electron chi connectivity index (χ4n) is 1.06. The first-order valence-corrected chi connectivity index (χ1v) is 3.57. The van der Waals surface area contributed by atoms with E-state index in [1.807, 2.05) is 12.1 Å². The lowest BCUT2D eigenvalue weighted by Gasteiger charge is -1.99. The summed E-state index contributed by atoms with van der Waals surface area (Å²) in [7, 11) is 0. The van der Waals surface area contributed by atoms with Crippen LogP contribution in [0, 0.1) is 0 Å². The first-order chi connectivity index (χ1) is 5.88. The minimum atomic E-state index is 0.654. The highest BCUT2D eigenvalue weighted by molar-refractivity contribution is 5.72. The molecule has 12 heavy (non-hydrogen) atoms. The number of nitrogens with one attached hydrogen (secondary N) is 1. The second kappa shape index (κ2) is 2.65. The highest BCUT2D eigenvalue weighted by atomic mass is 15.1.